The maximum atomic E-state index is 11.9. The molecule has 0 unspecified atom stereocenters. The van der Waals surface area contributed by atoms with E-state index in [1.165, 1.54) is 0 Å². The van der Waals surface area contributed by atoms with Gasteiger partial charge in [-0.15, -0.1) is 0 Å². The highest BCUT2D eigenvalue weighted by Crippen LogP contribution is 2.18. The molecule has 0 saturated heterocycles. The molecule has 1 fully saturated rings. The number of benzene rings is 1. The fourth-order valence-electron chi connectivity index (χ4n) is 2.76. The van der Waals surface area contributed by atoms with Gasteiger partial charge in [-0.05, 0) is 43.4 Å². The normalized spacial score (nSPS) is 16.4. The van der Waals surface area contributed by atoms with Gasteiger partial charge in [-0.2, -0.15) is 13.1 Å². The number of sulfonamides is 1. The van der Waals surface area contributed by atoms with Gasteiger partial charge in [-0.3, -0.25) is 4.72 Å². The van der Waals surface area contributed by atoms with Crippen LogP contribution < -0.4 is 14.2 Å². The molecule has 136 valence electrons. The minimum absolute atomic E-state index is 0.0670. The van der Waals surface area contributed by atoms with Crippen molar-refractivity contribution in [1.29, 1.82) is 0 Å². The maximum absolute atomic E-state index is 11.9. The van der Waals surface area contributed by atoms with Crippen molar-refractivity contribution in [2.75, 3.05) is 17.5 Å². The van der Waals surface area contributed by atoms with Crippen LogP contribution in [0.4, 0.5) is 5.69 Å². The molecular formula is C15H25N3O4S2. The summed E-state index contributed by atoms with van der Waals surface area (Å²) in [6.45, 7) is 0.366. The zero-order valence-electron chi connectivity index (χ0n) is 13.8. The van der Waals surface area contributed by atoms with Crippen molar-refractivity contribution in [3.8, 4) is 0 Å². The molecule has 0 bridgehead atoms. The van der Waals surface area contributed by atoms with Gasteiger partial charge in [0.2, 0.25) is 10.0 Å². The first-order valence-corrected chi connectivity index (χ1v) is 11.4. The summed E-state index contributed by atoms with van der Waals surface area (Å²) in [7, 11) is -6.69. The van der Waals surface area contributed by atoms with E-state index in [-0.39, 0.29) is 6.04 Å². The zero-order valence-corrected chi connectivity index (χ0v) is 15.4. The highest BCUT2D eigenvalue weighted by molar-refractivity contribution is 7.92. The van der Waals surface area contributed by atoms with Crippen LogP contribution in [0.15, 0.2) is 24.3 Å². The Balaban J connectivity index is 1.71. The van der Waals surface area contributed by atoms with E-state index in [0.717, 1.165) is 37.5 Å². The Hall–Kier alpha value is -1.16. The number of nitrogens with one attached hydrogen (secondary N) is 3. The lowest BCUT2D eigenvalue weighted by molar-refractivity contribution is 0.537. The van der Waals surface area contributed by atoms with E-state index in [2.05, 4.69) is 14.2 Å². The van der Waals surface area contributed by atoms with Crippen molar-refractivity contribution in [3.63, 3.8) is 0 Å². The molecule has 0 atom stereocenters. The standard InChI is InChI=1S/C15H25N3O4S2/c1-23(19,20)17-15-10-8-13(9-11-15)5-4-12-16-24(21,22)18-14-6-2-3-7-14/h8-11,14,16-18H,2-7,12H2,1H3. The topological polar surface area (TPSA) is 104 Å². The lowest BCUT2D eigenvalue weighted by Gasteiger charge is -2.13. The third-order valence-corrected chi connectivity index (χ3v) is 5.70. The Morgan fingerprint density at radius 3 is 2.25 bits per heavy atom. The minimum atomic E-state index is -3.42. The first-order valence-electron chi connectivity index (χ1n) is 8.07. The molecule has 2 rings (SSSR count). The molecule has 0 aromatic heterocycles. The van der Waals surface area contributed by atoms with Crippen molar-refractivity contribution in [2.45, 2.75) is 44.6 Å². The van der Waals surface area contributed by atoms with Crippen molar-refractivity contribution in [2.24, 2.45) is 0 Å². The van der Waals surface area contributed by atoms with Crippen molar-refractivity contribution < 1.29 is 16.8 Å². The molecule has 7 nitrogen and oxygen atoms in total. The van der Waals surface area contributed by atoms with Crippen LogP contribution in [-0.2, 0) is 26.7 Å². The van der Waals surface area contributed by atoms with Crippen LogP contribution in [-0.4, -0.2) is 35.7 Å². The van der Waals surface area contributed by atoms with Crippen LogP contribution >= 0.6 is 0 Å². The van der Waals surface area contributed by atoms with Gasteiger partial charge in [0.1, 0.15) is 0 Å². The molecule has 1 aliphatic carbocycles. The smallest absolute Gasteiger partial charge is 0.277 e. The summed E-state index contributed by atoms with van der Waals surface area (Å²) in [6, 6.07) is 7.12. The molecule has 24 heavy (non-hydrogen) atoms. The SMILES string of the molecule is CS(=O)(=O)Nc1ccc(CCCNS(=O)(=O)NC2CCCC2)cc1. The van der Waals surface area contributed by atoms with Crippen LogP contribution in [0.5, 0.6) is 0 Å². The van der Waals surface area contributed by atoms with Gasteiger partial charge in [-0.25, -0.2) is 13.1 Å². The third-order valence-electron chi connectivity index (χ3n) is 3.87. The van der Waals surface area contributed by atoms with E-state index in [1.807, 2.05) is 12.1 Å². The first kappa shape index (κ1) is 19.2. The van der Waals surface area contributed by atoms with Crippen LogP contribution in [0, 0.1) is 0 Å². The van der Waals surface area contributed by atoms with Gasteiger partial charge in [0.15, 0.2) is 0 Å². The second-order valence-corrected chi connectivity index (χ2v) is 9.45. The Kier molecular flexibility index (Phi) is 6.62. The third kappa shape index (κ3) is 7.16. The lowest BCUT2D eigenvalue weighted by Crippen LogP contribution is -2.42. The summed E-state index contributed by atoms with van der Waals surface area (Å²) >= 11 is 0. The molecule has 0 amide bonds. The van der Waals surface area contributed by atoms with Crippen LogP contribution in [0.3, 0.4) is 0 Å². The average Bonchev–Trinajstić information content (AvgIpc) is 2.96. The fraction of sp³-hybridized carbons (Fsp3) is 0.600. The van der Waals surface area contributed by atoms with E-state index >= 15 is 0 Å². The molecule has 0 spiro atoms. The predicted molar refractivity (Wildman–Crippen MR) is 95.5 cm³/mol. The number of hydrogen-bond donors (Lipinski definition) is 3. The van der Waals surface area contributed by atoms with E-state index in [9.17, 15) is 16.8 Å². The van der Waals surface area contributed by atoms with Gasteiger partial charge in [0.05, 0.1) is 6.26 Å². The number of anilines is 1. The van der Waals surface area contributed by atoms with Crippen molar-refractivity contribution in [1.82, 2.24) is 9.44 Å². The first-order chi connectivity index (χ1) is 11.2. The average molecular weight is 376 g/mol. The van der Waals surface area contributed by atoms with Crippen LogP contribution in [0.25, 0.3) is 0 Å². The molecule has 1 aromatic rings. The fourth-order valence-corrected chi connectivity index (χ4v) is 4.49. The van der Waals surface area contributed by atoms with Crippen molar-refractivity contribution in [3.05, 3.63) is 29.8 Å². The molecule has 1 aromatic carbocycles. The maximum Gasteiger partial charge on any atom is 0.277 e. The molecule has 1 saturated carbocycles. The highest BCUT2D eigenvalue weighted by atomic mass is 32.2. The zero-order chi connectivity index (χ0) is 17.6. The lowest BCUT2D eigenvalue weighted by atomic mass is 10.1. The second kappa shape index (κ2) is 8.28. The summed E-state index contributed by atoms with van der Waals surface area (Å²) < 4.78 is 53.7. The molecule has 0 heterocycles. The van der Waals surface area contributed by atoms with E-state index in [1.54, 1.807) is 12.1 Å². The number of rotatable bonds is 9. The van der Waals surface area contributed by atoms with Crippen LogP contribution in [0.1, 0.15) is 37.7 Å². The van der Waals surface area contributed by atoms with E-state index in [4.69, 9.17) is 0 Å². The summed E-state index contributed by atoms with van der Waals surface area (Å²) in [5, 5.41) is 0. The largest absolute Gasteiger partial charge is 0.284 e. The molecule has 3 N–H and O–H groups in total. The summed E-state index contributed by atoms with van der Waals surface area (Å²) in [6.07, 6.45) is 6.47. The van der Waals surface area contributed by atoms with Gasteiger partial charge in [0, 0.05) is 18.3 Å². The minimum Gasteiger partial charge on any atom is -0.284 e. The molecule has 9 heteroatoms. The highest BCUT2D eigenvalue weighted by Gasteiger charge is 2.20. The van der Waals surface area contributed by atoms with Gasteiger partial charge >= 0.3 is 0 Å². The van der Waals surface area contributed by atoms with E-state index < -0.39 is 20.2 Å². The van der Waals surface area contributed by atoms with Gasteiger partial charge < -0.3 is 0 Å². The Morgan fingerprint density at radius 2 is 1.67 bits per heavy atom. The molecular weight excluding hydrogens is 350 g/mol. The van der Waals surface area contributed by atoms with Crippen LogP contribution in [0.2, 0.25) is 0 Å². The number of aryl methyl sites for hydroxylation is 1. The Bertz CT molecular complexity index is 724. The van der Waals surface area contributed by atoms with Gasteiger partial charge in [0.25, 0.3) is 10.2 Å². The van der Waals surface area contributed by atoms with Gasteiger partial charge in [-0.1, -0.05) is 25.0 Å². The summed E-state index contributed by atoms with van der Waals surface area (Å²) in [5.41, 5.74) is 1.54. The quantitative estimate of drug-likeness (QED) is 0.567. The molecule has 0 aliphatic heterocycles. The predicted octanol–water partition coefficient (Wildman–Crippen LogP) is 1.36. The Labute approximate surface area is 144 Å². The summed E-state index contributed by atoms with van der Waals surface area (Å²) in [4.78, 5) is 0. The second-order valence-electron chi connectivity index (χ2n) is 6.17. The molecule has 1 aliphatic rings. The Morgan fingerprint density at radius 1 is 1.04 bits per heavy atom. The van der Waals surface area contributed by atoms with Crippen molar-refractivity contribution >= 4 is 25.9 Å². The van der Waals surface area contributed by atoms with E-state index in [0.29, 0.717) is 25.1 Å². The monoisotopic (exact) mass is 375 g/mol. The summed E-state index contributed by atoms with van der Waals surface area (Å²) in [5.74, 6) is 0. The number of hydrogen-bond acceptors (Lipinski definition) is 4. The molecule has 0 radical (unpaired) electrons.